The van der Waals surface area contributed by atoms with Crippen LogP contribution in [0.25, 0.3) is 0 Å². The topological polar surface area (TPSA) is 96.5 Å². The number of hydrogen-bond donors (Lipinski definition) is 1. The lowest BCUT2D eigenvalue weighted by molar-refractivity contribution is 0.301. The van der Waals surface area contributed by atoms with E-state index in [4.69, 9.17) is 5.26 Å². The molecule has 4 rings (SSSR count). The molecule has 1 N–H and O–H groups in total. The van der Waals surface area contributed by atoms with Crippen molar-refractivity contribution < 1.29 is 0 Å². The summed E-state index contributed by atoms with van der Waals surface area (Å²) < 4.78 is 1.70. The van der Waals surface area contributed by atoms with Gasteiger partial charge in [0.2, 0.25) is 0 Å². The number of nitrogens with one attached hydrogen (secondary N) is 1. The molecule has 2 aliphatic carbocycles. The molecule has 0 saturated heterocycles. The highest BCUT2D eigenvalue weighted by Gasteiger charge is 2.26. The molecule has 7 heteroatoms. The second-order valence-corrected chi connectivity index (χ2v) is 6.77. The van der Waals surface area contributed by atoms with Gasteiger partial charge in [0.05, 0.1) is 11.7 Å². The zero-order valence-corrected chi connectivity index (χ0v) is 14.0. The van der Waals surface area contributed by atoms with Crippen LogP contribution in [0.2, 0.25) is 0 Å². The van der Waals surface area contributed by atoms with Gasteiger partial charge in [-0.25, -0.2) is 14.6 Å². The summed E-state index contributed by atoms with van der Waals surface area (Å²) in [5.41, 5.74) is 2.57. The molecular formula is C18H20N6O. The molecule has 0 spiro atoms. The zero-order chi connectivity index (χ0) is 17.2. The average Bonchev–Trinajstić information content (AvgIpc) is 3.09. The molecule has 2 aliphatic rings. The Hall–Kier alpha value is -2.75. The van der Waals surface area contributed by atoms with Crippen molar-refractivity contribution in [2.45, 2.75) is 57.0 Å². The molecule has 0 amide bonds. The third-order valence-corrected chi connectivity index (χ3v) is 5.17. The van der Waals surface area contributed by atoms with E-state index in [1.807, 2.05) is 0 Å². The van der Waals surface area contributed by atoms with Gasteiger partial charge in [0.1, 0.15) is 6.07 Å². The molecule has 25 heavy (non-hydrogen) atoms. The van der Waals surface area contributed by atoms with Crippen LogP contribution in [0.4, 0.5) is 5.82 Å². The third-order valence-electron chi connectivity index (χ3n) is 5.17. The summed E-state index contributed by atoms with van der Waals surface area (Å²) in [6.45, 7) is 0. The molecule has 1 saturated carbocycles. The first-order valence-electron chi connectivity index (χ1n) is 8.84. The van der Waals surface area contributed by atoms with Crippen molar-refractivity contribution in [3.63, 3.8) is 0 Å². The fourth-order valence-corrected chi connectivity index (χ4v) is 3.86. The first kappa shape index (κ1) is 15.8. The minimum absolute atomic E-state index is 0.0257. The molecular weight excluding hydrogens is 316 g/mol. The fraction of sp³-hybridized carbons (Fsp3) is 0.500. The standard InChI is InChI=1S/C18H20N6O/c19-11-16-18(21-9-8-20-16)22-13-4-6-14(7-5-13)24-17(25)10-12-2-1-3-15(12)23-24/h8-10,13-14H,1-7H2,(H,21,22). The van der Waals surface area contributed by atoms with Crippen LogP contribution in [-0.4, -0.2) is 25.8 Å². The van der Waals surface area contributed by atoms with Gasteiger partial charge in [-0.15, -0.1) is 0 Å². The summed E-state index contributed by atoms with van der Waals surface area (Å²) >= 11 is 0. The zero-order valence-electron chi connectivity index (χ0n) is 14.0. The number of nitrogens with zero attached hydrogens (tertiary/aromatic N) is 5. The van der Waals surface area contributed by atoms with Gasteiger partial charge in [0.25, 0.3) is 5.56 Å². The second kappa shape index (κ2) is 6.63. The Bertz CT molecular complexity index is 876. The monoisotopic (exact) mass is 336 g/mol. The van der Waals surface area contributed by atoms with Gasteiger partial charge in [-0.3, -0.25) is 4.79 Å². The van der Waals surface area contributed by atoms with Gasteiger partial charge in [-0.05, 0) is 50.5 Å². The van der Waals surface area contributed by atoms with Crippen molar-refractivity contribution in [1.82, 2.24) is 19.7 Å². The molecule has 0 aliphatic heterocycles. The van der Waals surface area contributed by atoms with Crippen LogP contribution in [0, 0.1) is 11.3 Å². The summed E-state index contributed by atoms with van der Waals surface area (Å²) in [4.78, 5) is 20.6. The van der Waals surface area contributed by atoms with Gasteiger partial charge >= 0.3 is 0 Å². The fourth-order valence-electron chi connectivity index (χ4n) is 3.86. The van der Waals surface area contributed by atoms with Crippen LogP contribution in [0.3, 0.4) is 0 Å². The van der Waals surface area contributed by atoms with Gasteiger partial charge < -0.3 is 5.32 Å². The Morgan fingerprint density at radius 1 is 1.16 bits per heavy atom. The maximum absolute atomic E-state index is 12.4. The number of aromatic nitrogens is 4. The van der Waals surface area contributed by atoms with E-state index in [1.54, 1.807) is 16.9 Å². The largest absolute Gasteiger partial charge is 0.365 e. The van der Waals surface area contributed by atoms with Gasteiger partial charge in [-0.1, -0.05) is 0 Å². The van der Waals surface area contributed by atoms with Crippen LogP contribution in [-0.2, 0) is 12.8 Å². The molecule has 128 valence electrons. The van der Waals surface area contributed by atoms with E-state index in [0.29, 0.717) is 11.5 Å². The van der Waals surface area contributed by atoms with Crippen molar-refractivity contribution in [1.29, 1.82) is 5.26 Å². The maximum atomic E-state index is 12.4. The quantitative estimate of drug-likeness (QED) is 0.921. The van der Waals surface area contributed by atoms with Gasteiger partial charge in [0, 0.05) is 24.5 Å². The lowest BCUT2D eigenvalue weighted by Crippen LogP contribution is -2.34. The molecule has 0 bridgehead atoms. The van der Waals surface area contributed by atoms with E-state index in [1.165, 1.54) is 6.20 Å². The van der Waals surface area contributed by atoms with Gasteiger partial charge in [0.15, 0.2) is 11.5 Å². The summed E-state index contributed by atoms with van der Waals surface area (Å²) in [6, 6.07) is 4.24. The number of aryl methyl sites for hydroxylation is 2. The first-order valence-corrected chi connectivity index (χ1v) is 8.84. The molecule has 0 radical (unpaired) electrons. The number of fused-ring (bicyclic) bond motifs is 1. The summed E-state index contributed by atoms with van der Waals surface area (Å²) in [5, 5.41) is 17.1. The van der Waals surface area contributed by atoms with Crippen LogP contribution >= 0.6 is 0 Å². The Morgan fingerprint density at radius 3 is 2.76 bits per heavy atom. The molecule has 0 unspecified atom stereocenters. The van der Waals surface area contributed by atoms with Crippen molar-refractivity contribution in [3.05, 3.63) is 45.8 Å². The highest BCUT2D eigenvalue weighted by atomic mass is 16.1. The van der Waals surface area contributed by atoms with E-state index in [-0.39, 0.29) is 17.6 Å². The SMILES string of the molecule is N#Cc1nccnc1NC1CCC(n2nc3c(cc2=O)CCC3)CC1. The van der Waals surface area contributed by atoms with Gasteiger partial charge in [-0.2, -0.15) is 10.4 Å². The summed E-state index contributed by atoms with van der Waals surface area (Å²) in [5.74, 6) is 0.543. The van der Waals surface area contributed by atoms with Crippen LogP contribution in [0.1, 0.15) is 55.1 Å². The predicted octanol–water partition coefficient (Wildman–Crippen LogP) is 1.99. The maximum Gasteiger partial charge on any atom is 0.267 e. The third kappa shape index (κ3) is 3.12. The summed E-state index contributed by atoms with van der Waals surface area (Å²) in [6.07, 6.45) is 9.79. The highest BCUT2D eigenvalue weighted by Crippen LogP contribution is 2.29. The number of hydrogen-bond acceptors (Lipinski definition) is 6. The van der Waals surface area contributed by atoms with E-state index in [0.717, 1.165) is 56.2 Å². The lowest BCUT2D eigenvalue weighted by Gasteiger charge is -2.30. The molecule has 2 heterocycles. The Morgan fingerprint density at radius 2 is 1.96 bits per heavy atom. The average molecular weight is 336 g/mol. The van der Waals surface area contributed by atoms with E-state index in [2.05, 4.69) is 26.5 Å². The molecule has 2 aromatic rings. The second-order valence-electron chi connectivity index (χ2n) is 6.77. The highest BCUT2D eigenvalue weighted by molar-refractivity contribution is 5.47. The van der Waals surface area contributed by atoms with E-state index < -0.39 is 0 Å². The Balaban J connectivity index is 1.44. The predicted molar refractivity (Wildman–Crippen MR) is 92.2 cm³/mol. The van der Waals surface area contributed by atoms with Crippen molar-refractivity contribution in [3.8, 4) is 6.07 Å². The number of rotatable bonds is 3. The van der Waals surface area contributed by atoms with Crippen molar-refractivity contribution in [2.75, 3.05) is 5.32 Å². The lowest BCUT2D eigenvalue weighted by atomic mass is 9.91. The molecule has 0 atom stereocenters. The molecule has 2 aromatic heterocycles. The minimum Gasteiger partial charge on any atom is -0.365 e. The smallest absolute Gasteiger partial charge is 0.267 e. The van der Waals surface area contributed by atoms with E-state index in [9.17, 15) is 4.79 Å². The summed E-state index contributed by atoms with van der Waals surface area (Å²) in [7, 11) is 0. The van der Waals surface area contributed by atoms with Crippen molar-refractivity contribution in [2.24, 2.45) is 0 Å². The van der Waals surface area contributed by atoms with Crippen LogP contribution in [0.5, 0.6) is 0 Å². The van der Waals surface area contributed by atoms with Crippen LogP contribution < -0.4 is 10.9 Å². The molecule has 0 aromatic carbocycles. The normalized spacial score (nSPS) is 22.2. The van der Waals surface area contributed by atoms with E-state index >= 15 is 0 Å². The van der Waals surface area contributed by atoms with Crippen molar-refractivity contribution >= 4 is 5.82 Å². The number of anilines is 1. The Labute approximate surface area is 145 Å². The molecule has 7 nitrogen and oxygen atoms in total. The molecule has 1 fully saturated rings. The van der Waals surface area contributed by atoms with Crippen LogP contribution in [0.15, 0.2) is 23.3 Å². The number of nitriles is 1. The minimum atomic E-state index is 0.0257. The first-order chi connectivity index (χ1) is 12.2. The Kier molecular flexibility index (Phi) is 4.18.